The topological polar surface area (TPSA) is 12.9 Å². The lowest BCUT2D eigenvalue weighted by Gasteiger charge is -2.06. The minimum atomic E-state index is 1.02. The van der Waals surface area contributed by atoms with Crippen molar-refractivity contribution in [3.05, 3.63) is 102 Å². The highest BCUT2D eigenvalue weighted by Gasteiger charge is 2.02. The summed E-state index contributed by atoms with van der Waals surface area (Å²) in [5.74, 6) is 0. The fraction of sp³-hybridized carbons (Fsp3) is 0. The Hall–Kier alpha value is -3.19. The molecule has 0 saturated heterocycles. The van der Waals surface area contributed by atoms with Gasteiger partial charge < -0.3 is 0 Å². The molecule has 0 atom stereocenters. The first-order valence-corrected chi connectivity index (χ1v) is 8.08. The number of nitrogens with zero attached hydrogens (tertiary/aromatic N) is 1. The Morgan fingerprint density at radius 2 is 1.29 bits per heavy atom. The van der Waals surface area contributed by atoms with E-state index in [1.165, 1.54) is 27.6 Å². The molecule has 24 heavy (non-hydrogen) atoms. The second-order valence-corrected chi connectivity index (χ2v) is 5.70. The molecule has 0 N–H and O–H groups in total. The van der Waals surface area contributed by atoms with Crippen LogP contribution in [0.15, 0.2) is 91.1 Å². The molecule has 0 saturated carbocycles. The van der Waals surface area contributed by atoms with Gasteiger partial charge in [-0.3, -0.25) is 4.98 Å². The molecule has 0 radical (unpaired) electrons. The Balaban J connectivity index is 1.77. The normalized spacial score (nSPS) is 11.2. The van der Waals surface area contributed by atoms with E-state index in [9.17, 15) is 0 Å². The summed E-state index contributed by atoms with van der Waals surface area (Å²) in [7, 11) is 0. The van der Waals surface area contributed by atoms with E-state index in [1.807, 2.05) is 24.4 Å². The van der Waals surface area contributed by atoms with Crippen molar-refractivity contribution in [1.82, 2.24) is 4.98 Å². The smallest absolute Gasteiger partial charge is 0.0707 e. The quantitative estimate of drug-likeness (QED) is 0.447. The zero-order valence-electron chi connectivity index (χ0n) is 13.3. The minimum Gasteiger partial charge on any atom is -0.256 e. The van der Waals surface area contributed by atoms with Gasteiger partial charge in [-0.1, -0.05) is 84.9 Å². The van der Waals surface area contributed by atoms with E-state index in [-0.39, 0.29) is 0 Å². The molecule has 0 amide bonds. The maximum absolute atomic E-state index is 4.43. The first kappa shape index (κ1) is 14.4. The summed E-state index contributed by atoms with van der Waals surface area (Å²) in [6.07, 6.45) is 6.22. The second-order valence-electron chi connectivity index (χ2n) is 5.70. The average molecular weight is 307 g/mol. The number of pyridine rings is 1. The van der Waals surface area contributed by atoms with Crippen molar-refractivity contribution >= 4 is 23.1 Å². The van der Waals surface area contributed by atoms with Crippen LogP contribution < -0.4 is 0 Å². The zero-order chi connectivity index (χ0) is 16.2. The van der Waals surface area contributed by atoms with Crippen LogP contribution in [0.5, 0.6) is 0 Å². The summed E-state index contributed by atoms with van der Waals surface area (Å²) in [4.78, 5) is 4.43. The molecule has 0 spiro atoms. The number of aromatic nitrogens is 1. The van der Waals surface area contributed by atoms with Crippen LogP contribution in [0.3, 0.4) is 0 Å². The van der Waals surface area contributed by atoms with E-state index in [1.54, 1.807) is 0 Å². The molecule has 0 aliphatic carbocycles. The fourth-order valence-electron chi connectivity index (χ4n) is 2.97. The van der Waals surface area contributed by atoms with Crippen molar-refractivity contribution < 1.29 is 0 Å². The summed E-state index contributed by atoms with van der Waals surface area (Å²) in [5, 5.41) is 1.17. The lowest BCUT2D eigenvalue weighted by Crippen LogP contribution is -1.84. The van der Waals surface area contributed by atoms with Gasteiger partial charge in [0.05, 0.1) is 5.52 Å². The van der Waals surface area contributed by atoms with Crippen LogP contribution in [0.2, 0.25) is 0 Å². The largest absolute Gasteiger partial charge is 0.256 e. The zero-order valence-corrected chi connectivity index (χ0v) is 13.3. The highest BCUT2D eigenvalue weighted by Crippen LogP contribution is 2.26. The number of hydrogen-bond acceptors (Lipinski definition) is 1. The lowest BCUT2D eigenvalue weighted by atomic mass is 9.98. The highest BCUT2D eigenvalue weighted by molar-refractivity contribution is 5.91. The van der Waals surface area contributed by atoms with Crippen molar-refractivity contribution in [2.75, 3.05) is 0 Å². The van der Waals surface area contributed by atoms with E-state index in [0.29, 0.717) is 0 Å². The Morgan fingerprint density at radius 1 is 0.583 bits per heavy atom. The van der Waals surface area contributed by atoms with Crippen molar-refractivity contribution in [1.29, 1.82) is 0 Å². The molecule has 1 heterocycles. The van der Waals surface area contributed by atoms with Crippen LogP contribution in [0, 0.1) is 0 Å². The van der Waals surface area contributed by atoms with Crippen LogP contribution in [-0.2, 0) is 0 Å². The molecule has 1 aromatic heterocycles. The molecule has 0 fully saturated rings. The number of para-hydroxylation sites is 1. The van der Waals surface area contributed by atoms with E-state index >= 15 is 0 Å². The van der Waals surface area contributed by atoms with Gasteiger partial charge >= 0.3 is 0 Å². The average Bonchev–Trinajstić information content (AvgIpc) is 2.67. The Kier molecular flexibility index (Phi) is 3.91. The van der Waals surface area contributed by atoms with Crippen LogP contribution >= 0.6 is 0 Å². The van der Waals surface area contributed by atoms with Gasteiger partial charge in [-0.15, -0.1) is 0 Å². The summed E-state index contributed by atoms with van der Waals surface area (Å²) in [6.45, 7) is 0. The first-order valence-electron chi connectivity index (χ1n) is 8.08. The third-order valence-corrected chi connectivity index (χ3v) is 4.17. The van der Waals surface area contributed by atoms with Crippen molar-refractivity contribution in [3.63, 3.8) is 0 Å². The Labute approximate surface area is 141 Å². The first-order chi connectivity index (χ1) is 11.9. The van der Waals surface area contributed by atoms with E-state index in [2.05, 4.69) is 83.9 Å². The molecule has 4 rings (SSSR count). The van der Waals surface area contributed by atoms with Crippen molar-refractivity contribution in [2.24, 2.45) is 0 Å². The maximum Gasteiger partial charge on any atom is 0.0707 e. The molecular weight excluding hydrogens is 290 g/mol. The molecule has 114 valence electrons. The molecule has 0 bridgehead atoms. The van der Waals surface area contributed by atoms with Crippen molar-refractivity contribution in [3.8, 4) is 11.1 Å². The molecule has 0 aliphatic heterocycles. The van der Waals surface area contributed by atoms with Gasteiger partial charge in [0, 0.05) is 11.6 Å². The third-order valence-electron chi connectivity index (χ3n) is 4.17. The van der Waals surface area contributed by atoms with Crippen LogP contribution in [0.4, 0.5) is 0 Å². The number of fused-ring (bicyclic) bond motifs is 1. The molecule has 0 aliphatic rings. The molecule has 3 aromatic carbocycles. The van der Waals surface area contributed by atoms with Crippen LogP contribution in [0.25, 0.3) is 34.2 Å². The monoisotopic (exact) mass is 307 g/mol. The fourth-order valence-corrected chi connectivity index (χ4v) is 2.97. The molecule has 0 unspecified atom stereocenters. The maximum atomic E-state index is 4.43. The molecular formula is C23H17N. The summed E-state index contributed by atoms with van der Waals surface area (Å²) >= 11 is 0. The van der Waals surface area contributed by atoms with E-state index in [4.69, 9.17) is 0 Å². The summed E-state index contributed by atoms with van der Waals surface area (Å²) in [5.41, 5.74) is 5.90. The number of rotatable bonds is 3. The summed E-state index contributed by atoms with van der Waals surface area (Å²) < 4.78 is 0. The van der Waals surface area contributed by atoms with Crippen molar-refractivity contribution in [2.45, 2.75) is 0 Å². The van der Waals surface area contributed by atoms with Gasteiger partial charge in [0.25, 0.3) is 0 Å². The Morgan fingerprint density at radius 3 is 2.21 bits per heavy atom. The molecule has 4 aromatic rings. The molecule has 1 heteroatoms. The van der Waals surface area contributed by atoms with Gasteiger partial charge in [0.15, 0.2) is 0 Å². The minimum absolute atomic E-state index is 1.02. The van der Waals surface area contributed by atoms with Crippen LogP contribution in [-0.4, -0.2) is 4.98 Å². The summed E-state index contributed by atoms with van der Waals surface area (Å²) in [6, 6.07) is 29.3. The van der Waals surface area contributed by atoms with Gasteiger partial charge in [0.2, 0.25) is 0 Å². The van der Waals surface area contributed by atoms with Gasteiger partial charge in [-0.25, -0.2) is 0 Å². The third kappa shape index (κ3) is 2.84. The number of hydrogen-bond donors (Lipinski definition) is 0. The van der Waals surface area contributed by atoms with Gasteiger partial charge in [-0.05, 0) is 34.4 Å². The van der Waals surface area contributed by atoms with Gasteiger partial charge in [-0.2, -0.15) is 0 Å². The SMILES string of the molecule is C(=Cc1ccnc2ccccc12)c1ccccc1-c1ccccc1. The highest BCUT2D eigenvalue weighted by atomic mass is 14.6. The van der Waals surface area contributed by atoms with Gasteiger partial charge in [0.1, 0.15) is 0 Å². The van der Waals surface area contributed by atoms with Crippen LogP contribution in [0.1, 0.15) is 11.1 Å². The predicted octanol–water partition coefficient (Wildman–Crippen LogP) is 6.07. The van der Waals surface area contributed by atoms with E-state index in [0.717, 1.165) is 5.52 Å². The molecule has 1 nitrogen and oxygen atoms in total. The second kappa shape index (κ2) is 6.51. The Bertz CT molecular complexity index is 995. The predicted molar refractivity (Wildman–Crippen MR) is 103 cm³/mol. The lowest BCUT2D eigenvalue weighted by molar-refractivity contribution is 1.41. The number of benzene rings is 3. The standard InChI is InChI=1S/C23H17N/c1-2-8-18(9-3-1)21-11-5-4-10-19(21)14-15-20-16-17-24-23-13-7-6-12-22(20)23/h1-17H. The van der Waals surface area contributed by atoms with E-state index < -0.39 is 0 Å².